The molecule has 1 fully saturated rings. The van der Waals surface area contributed by atoms with E-state index in [1.807, 2.05) is 34.4 Å². The van der Waals surface area contributed by atoms with Gasteiger partial charge in [0.05, 0.1) is 14.9 Å². The average Bonchev–Trinajstić information content (AvgIpc) is 2.37. The fraction of sp³-hybridized carbons (Fsp3) is 0.500. The van der Waals surface area contributed by atoms with E-state index in [9.17, 15) is 4.39 Å². The number of anilines is 2. The summed E-state index contributed by atoms with van der Waals surface area (Å²) in [5.41, 5.74) is 7.16. The van der Waals surface area contributed by atoms with Crippen LogP contribution in [0.4, 0.5) is 15.8 Å². The van der Waals surface area contributed by atoms with Gasteiger partial charge in [-0.2, -0.15) is 11.8 Å². The van der Waals surface area contributed by atoms with Crippen molar-refractivity contribution in [2.45, 2.75) is 0 Å². The van der Waals surface area contributed by atoms with Gasteiger partial charge in [-0.25, -0.2) is 4.39 Å². The van der Waals surface area contributed by atoms with Crippen LogP contribution in [0, 0.1) is 9.39 Å². The number of halogens is 2. The minimum atomic E-state index is -0.221. The molecular formula is C12H17FIN3S. The molecule has 0 aliphatic carbocycles. The number of rotatable bonds is 4. The lowest BCUT2D eigenvalue weighted by atomic mass is 10.2. The summed E-state index contributed by atoms with van der Waals surface area (Å²) < 4.78 is 14.0. The van der Waals surface area contributed by atoms with Crippen molar-refractivity contribution in [3.8, 4) is 0 Å². The van der Waals surface area contributed by atoms with Gasteiger partial charge in [-0.3, -0.25) is 4.90 Å². The molecule has 1 aliphatic rings. The standard InChI is InChI=1S/C12H17FIN3S/c13-9-7-12(11(15)8-10(9)14)16-1-2-17-3-5-18-6-4-17/h7-8,16H,1-6,15H2. The van der Waals surface area contributed by atoms with E-state index in [1.54, 1.807) is 6.07 Å². The number of nitrogen functional groups attached to an aromatic ring is 1. The Balaban J connectivity index is 1.84. The zero-order valence-electron chi connectivity index (χ0n) is 10.1. The Bertz CT molecular complexity index is 411. The van der Waals surface area contributed by atoms with Crippen LogP contribution < -0.4 is 11.1 Å². The van der Waals surface area contributed by atoms with Crippen LogP contribution in [-0.2, 0) is 0 Å². The monoisotopic (exact) mass is 381 g/mol. The van der Waals surface area contributed by atoms with E-state index in [1.165, 1.54) is 17.6 Å². The summed E-state index contributed by atoms with van der Waals surface area (Å²) in [6.07, 6.45) is 0. The molecule has 0 amide bonds. The van der Waals surface area contributed by atoms with Crippen molar-refractivity contribution in [3.63, 3.8) is 0 Å². The lowest BCUT2D eigenvalue weighted by molar-refractivity contribution is 0.314. The van der Waals surface area contributed by atoms with Crippen LogP contribution in [0.5, 0.6) is 0 Å². The molecule has 1 aliphatic heterocycles. The van der Waals surface area contributed by atoms with Gasteiger partial charge in [-0.1, -0.05) is 0 Å². The fourth-order valence-electron chi connectivity index (χ4n) is 1.89. The molecule has 1 aromatic carbocycles. The summed E-state index contributed by atoms with van der Waals surface area (Å²) in [4.78, 5) is 2.42. The highest BCUT2D eigenvalue weighted by Crippen LogP contribution is 2.23. The van der Waals surface area contributed by atoms with Gasteiger partial charge in [0.2, 0.25) is 0 Å². The predicted molar refractivity (Wildman–Crippen MR) is 85.8 cm³/mol. The topological polar surface area (TPSA) is 41.3 Å². The maximum absolute atomic E-state index is 13.4. The van der Waals surface area contributed by atoms with Crippen LogP contribution in [0.3, 0.4) is 0 Å². The molecular weight excluding hydrogens is 364 g/mol. The Labute approximate surface area is 125 Å². The minimum Gasteiger partial charge on any atom is -0.397 e. The second-order valence-electron chi connectivity index (χ2n) is 4.23. The van der Waals surface area contributed by atoms with Gasteiger partial charge in [0, 0.05) is 43.8 Å². The molecule has 1 heterocycles. The van der Waals surface area contributed by atoms with Crippen molar-refractivity contribution in [2.75, 3.05) is 48.7 Å². The Hall–Kier alpha value is -0.210. The molecule has 0 atom stereocenters. The van der Waals surface area contributed by atoms with E-state index in [0.717, 1.165) is 26.2 Å². The summed E-state index contributed by atoms with van der Waals surface area (Å²) in [7, 11) is 0. The quantitative estimate of drug-likeness (QED) is 0.621. The van der Waals surface area contributed by atoms with Crippen molar-refractivity contribution < 1.29 is 4.39 Å². The summed E-state index contributed by atoms with van der Waals surface area (Å²) in [5, 5.41) is 3.21. The summed E-state index contributed by atoms with van der Waals surface area (Å²) in [6.45, 7) is 4.06. The van der Waals surface area contributed by atoms with E-state index in [-0.39, 0.29) is 5.82 Å². The number of hydrogen-bond acceptors (Lipinski definition) is 4. The molecule has 18 heavy (non-hydrogen) atoms. The molecule has 0 aromatic heterocycles. The third-order valence-corrected chi connectivity index (χ3v) is 4.71. The zero-order valence-corrected chi connectivity index (χ0v) is 13.1. The molecule has 100 valence electrons. The maximum Gasteiger partial charge on any atom is 0.138 e. The molecule has 0 radical (unpaired) electrons. The van der Waals surface area contributed by atoms with Crippen LogP contribution >= 0.6 is 34.4 Å². The van der Waals surface area contributed by atoms with Gasteiger partial charge >= 0.3 is 0 Å². The summed E-state index contributed by atoms with van der Waals surface area (Å²) >= 11 is 3.95. The highest BCUT2D eigenvalue weighted by molar-refractivity contribution is 14.1. The maximum atomic E-state index is 13.4. The molecule has 3 N–H and O–H groups in total. The van der Waals surface area contributed by atoms with Crippen molar-refractivity contribution in [2.24, 2.45) is 0 Å². The Kier molecular flexibility index (Phi) is 5.38. The van der Waals surface area contributed by atoms with Crippen LogP contribution in [0.25, 0.3) is 0 Å². The molecule has 6 heteroatoms. The van der Waals surface area contributed by atoms with Crippen LogP contribution in [0.1, 0.15) is 0 Å². The molecule has 0 unspecified atom stereocenters. The third-order valence-electron chi connectivity index (χ3n) is 2.94. The van der Waals surface area contributed by atoms with Gasteiger partial charge in [0.25, 0.3) is 0 Å². The van der Waals surface area contributed by atoms with E-state index < -0.39 is 0 Å². The van der Waals surface area contributed by atoms with Crippen molar-refractivity contribution in [3.05, 3.63) is 21.5 Å². The average molecular weight is 381 g/mol. The van der Waals surface area contributed by atoms with Crippen LogP contribution in [-0.4, -0.2) is 42.6 Å². The number of hydrogen-bond donors (Lipinski definition) is 2. The molecule has 0 bridgehead atoms. The first-order valence-corrected chi connectivity index (χ1v) is 8.18. The van der Waals surface area contributed by atoms with Crippen molar-refractivity contribution >= 4 is 45.7 Å². The second-order valence-corrected chi connectivity index (χ2v) is 6.62. The number of nitrogens with zero attached hydrogens (tertiary/aromatic N) is 1. The Morgan fingerprint density at radius 1 is 1.39 bits per heavy atom. The Morgan fingerprint density at radius 3 is 2.83 bits per heavy atom. The smallest absolute Gasteiger partial charge is 0.138 e. The molecule has 0 spiro atoms. The van der Waals surface area contributed by atoms with Gasteiger partial charge in [0.1, 0.15) is 5.82 Å². The molecule has 2 rings (SSSR count). The first-order chi connectivity index (χ1) is 8.66. The van der Waals surface area contributed by atoms with Gasteiger partial charge in [0.15, 0.2) is 0 Å². The van der Waals surface area contributed by atoms with Crippen molar-refractivity contribution in [1.29, 1.82) is 0 Å². The van der Waals surface area contributed by atoms with E-state index in [4.69, 9.17) is 5.73 Å². The summed E-state index contributed by atoms with van der Waals surface area (Å²) in [5.74, 6) is 2.20. The van der Waals surface area contributed by atoms with E-state index in [0.29, 0.717) is 14.9 Å². The van der Waals surface area contributed by atoms with Crippen LogP contribution in [0.2, 0.25) is 0 Å². The first kappa shape index (κ1) is 14.2. The molecule has 3 nitrogen and oxygen atoms in total. The zero-order chi connectivity index (χ0) is 13.0. The van der Waals surface area contributed by atoms with E-state index >= 15 is 0 Å². The lowest BCUT2D eigenvalue weighted by Crippen LogP contribution is -2.36. The van der Waals surface area contributed by atoms with Crippen LogP contribution in [0.15, 0.2) is 12.1 Å². The normalized spacial score (nSPS) is 16.8. The highest BCUT2D eigenvalue weighted by atomic mass is 127. The lowest BCUT2D eigenvalue weighted by Gasteiger charge is -2.26. The molecule has 0 saturated carbocycles. The number of nitrogens with one attached hydrogen (secondary N) is 1. The predicted octanol–water partition coefficient (Wildman–Crippen LogP) is 2.47. The van der Waals surface area contributed by atoms with Gasteiger partial charge < -0.3 is 11.1 Å². The van der Waals surface area contributed by atoms with Gasteiger partial charge in [-0.15, -0.1) is 0 Å². The van der Waals surface area contributed by atoms with Crippen molar-refractivity contribution in [1.82, 2.24) is 4.90 Å². The first-order valence-electron chi connectivity index (χ1n) is 5.95. The highest BCUT2D eigenvalue weighted by Gasteiger charge is 2.10. The number of thioether (sulfide) groups is 1. The fourth-order valence-corrected chi connectivity index (χ4v) is 3.36. The van der Waals surface area contributed by atoms with Gasteiger partial charge in [-0.05, 0) is 28.7 Å². The molecule has 1 aromatic rings. The largest absolute Gasteiger partial charge is 0.397 e. The van der Waals surface area contributed by atoms with E-state index in [2.05, 4.69) is 10.2 Å². The Morgan fingerprint density at radius 2 is 2.11 bits per heavy atom. The number of nitrogens with two attached hydrogens (primary N) is 1. The summed E-state index contributed by atoms with van der Waals surface area (Å²) in [6, 6.07) is 3.14. The second kappa shape index (κ2) is 6.81. The third kappa shape index (κ3) is 3.89. The molecule has 1 saturated heterocycles. The minimum absolute atomic E-state index is 0.221. The SMILES string of the molecule is Nc1cc(I)c(F)cc1NCCN1CCSCC1. The number of benzene rings is 1.